The number of benzene rings is 7. The van der Waals surface area contributed by atoms with Crippen LogP contribution >= 0.6 is 7.53 Å². The quantitative estimate of drug-likeness (QED) is 0.107. The van der Waals surface area contributed by atoms with Gasteiger partial charge >= 0.3 is 0 Å². The van der Waals surface area contributed by atoms with Gasteiger partial charge in [0.15, 0.2) is 10.2 Å². The molecule has 288 valence electrons. The second-order valence-electron chi connectivity index (χ2n) is 17.3. The Morgan fingerprint density at radius 1 is 0.316 bits per heavy atom. The predicted octanol–water partition coefficient (Wildman–Crippen LogP) is 15.6. The maximum atomic E-state index is 2.41. The van der Waals surface area contributed by atoms with E-state index in [1.165, 1.54) is 126 Å². The van der Waals surface area contributed by atoms with Gasteiger partial charge in [-0.1, -0.05) is 47.5 Å². The SMILES string of the molecule is Cc1cc(C)c2c(C)c3c(C)cc(C)cc3cc2c1.Cc1cc(C)c2c(c1)cc1cc(C)cc(C)c1[n+]2C.Cc1cc(C)c2c(c1)cc1cc(C)cc(C)c1[p+]2C. The number of rotatable bonds is 0. The molecule has 0 fully saturated rings. The van der Waals surface area contributed by atoms with E-state index in [4.69, 9.17) is 0 Å². The molecule has 0 N–H and O–H groups in total. The largest absolute Gasteiger partial charge is 0.215 e. The van der Waals surface area contributed by atoms with Crippen LogP contribution in [0.4, 0.5) is 0 Å². The van der Waals surface area contributed by atoms with Crippen molar-refractivity contribution in [3.05, 3.63) is 163 Å². The zero-order valence-electron chi connectivity index (χ0n) is 37.1. The van der Waals surface area contributed by atoms with Crippen LogP contribution in [0.5, 0.6) is 0 Å². The third-order valence-corrected chi connectivity index (χ3v) is 14.5. The van der Waals surface area contributed by atoms with Crippen LogP contribution in [-0.4, -0.2) is 0 Å². The lowest BCUT2D eigenvalue weighted by Crippen LogP contribution is -2.31. The summed E-state index contributed by atoms with van der Waals surface area (Å²) in [5.41, 5.74) is 20.5. The number of pyridine rings is 1. The summed E-state index contributed by atoms with van der Waals surface area (Å²) < 4.78 is 2.34. The van der Waals surface area contributed by atoms with Crippen molar-refractivity contribution >= 4 is 71.9 Å². The number of fused-ring (bicyclic) bond motifs is 6. The van der Waals surface area contributed by atoms with E-state index < -0.39 is 0 Å². The summed E-state index contributed by atoms with van der Waals surface area (Å²) in [4.78, 5) is 0. The van der Waals surface area contributed by atoms with Gasteiger partial charge in [0.2, 0.25) is 11.0 Å². The highest BCUT2D eigenvalue weighted by Crippen LogP contribution is 2.46. The zero-order chi connectivity index (χ0) is 41.2. The van der Waals surface area contributed by atoms with Gasteiger partial charge in [-0.25, -0.2) is 0 Å². The molecule has 0 aliphatic rings. The lowest BCUT2D eigenvalue weighted by atomic mass is 9.91. The molecule has 0 aliphatic carbocycles. The Bertz CT molecular complexity index is 2570. The number of hydrogen-bond donors (Lipinski definition) is 0. The molecule has 0 saturated heterocycles. The van der Waals surface area contributed by atoms with Crippen molar-refractivity contribution in [1.82, 2.24) is 0 Å². The van der Waals surface area contributed by atoms with E-state index in [9.17, 15) is 0 Å². The van der Waals surface area contributed by atoms with Crippen molar-refractivity contribution in [1.29, 1.82) is 0 Å². The fourth-order valence-electron chi connectivity index (χ4n) is 10.3. The molecule has 2 aromatic heterocycles. The zero-order valence-corrected chi connectivity index (χ0v) is 37.9. The molecule has 9 rings (SSSR count). The van der Waals surface area contributed by atoms with Crippen molar-refractivity contribution in [2.75, 3.05) is 0 Å². The first kappa shape index (κ1) is 40.1. The van der Waals surface area contributed by atoms with Gasteiger partial charge in [0, 0.05) is 32.7 Å². The molecule has 57 heavy (non-hydrogen) atoms. The molecule has 0 bridgehead atoms. The highest BCUT2D eigenvalue weighted by Gasteiger charge is 2.19. The smallest absolute Gasteiger partial charge is 0.194 e. The Labute approximate surface area is 342 Å². The molecule has 2 heteroatoms. The maximum absolute atomic E-state index is 2.41. The summed E-state index contributed by atoms with van der Waals surface area (Å²) in [6.45, 7) is 31.1. The van der Waals surface area contributed by atoms with Crippen LogP contribution in [0, 0.1) is 90.0 Å². The van der Waals surface area contributed by atoms with Gasteiger partial charge in [-0.3, -0.25) is 0 Å². The van der Waals surface area contributed by atoms with E-state index in [1.54, 1.807) is 10.2 Å². The molecule has 0 spiro atoms. The van der Waals surface area contributed by atoms with Gasteiger partial charge in [-0.15, -0.1) is 0 Å². The second kappa shape index (κ2) is 15.3. The van der Waals surface area contributed by atoms with E-state index in [0.717, 1.165) is 0 Å². The summed E-state index contributed by atoms with van der Waals surface area (Å²) in [6.07, 6.45) is 0. The minimum Gasteiger partial charge on any atom is -0.194 e. The average Bonchev–Trinajstić information content (AvgIpc) is 3.06. The van der Waals surface area contributed by atoms with E-state index in [1.807, 2.05) is 0 Å². The van der Waals surface area contributed by atoms with Gasteiger partial charge in [0.05, 0.1) is 0 Å². The Morgan fingerprint density at radius 2 is 0.596 bits per heavy atom. The maximum Gasteiger partial charge on any atom is 0.215 e. The van der Waals surface area contributed by atoms with E-state index in [0.29, 0.717) is 0 Å². The minimum atomic E-state index is -0.221. The topological polar surface area (TPSA) is 3.88 Å². The third kappa shape index (κ3) is 7.56. The molecule has 7 aromatic carbocycles. The van der Waals surface area contributed by atoms with Gasteiger partial charge in [-0.2, -0.15) is 4.57 Å². The number of aryl methyl sites for hydroxylation is 15. The molecular formula is C55H60NP+2. The van der Waals surface area contributed by atoms with Crippen molar-refractivity contribution in [3.8, 4) is 0 Å². The molecule has 2 heterocycles. The highest BCUT2D eigenvalue weighted by molar-refractivity contribution is 7.59. The molecular weight excluding hydrogens is 706 g/mol. The molecule has 0 radical (unpaired) electrons. The van der Waals surface area contributed by atoms with Crippen LogP contribution in [0.3, 0.4) is 0 Å². The van der Waals surface area contributed by atoms with Crippen LogP contribution in [0.15, 0.2) is 91.0 Å². The fraction of sp³-hybridized carbons (Fsp3) is 0.273. The van der Waals surface area contributed by atoms with Gasteiger partial charge in [0.25, 0.3) is 0 Å². The van der Waals surface area contributed by atoms with Crippen molar-refractivity contribution in [3.63, 3.8) is 0 Å². The molecule has 0 saturated carbocycles. The molecule has 9 aromatic rings. The molecule has 1 nitrogen and oxygen atoms in total. The van der Waals surface area contributed by atoms with Gasteiger partial charge in [0.1, 0.15) is 21.2 Å². The Kier molecular flexibility index (Phi) is 10.8. The average molecular weight is 766 g/mol. The monoisotopic (exact) mass is 765 g/mol. The van der Waals surface area contributed by atoms with Gasteiger partial charge in [-0.05, 0) is 216 Å². The molecule has 0 unspecified atom stereocenters. The van der Waals surface area contributed by atoms with Crippen LogP contribution in [0.2, 0.25) is 0 Å². The fourth-order valence-corrected chi connectivity index (χ4v) is 12.8. The van der Waals surface area contributed by atoms with Crippen LogP contribution in [-0.2, 0) is 13.7 Å². The van der Waals surface area contributed by atoms with E-state index in [2.05, 4.69) is 199 Å². The second-order valence-corrected chi connectivity index (χ2v) is 19.4. The van der Waals surface area contributed by atoms with Crippen molar-refractivity contribution in [2.24, 2.45) is 13.7 Å². The van der Waals surface area contributed by atoms with Crippen LogP contribution < -0.4 is 4.57 Å². The number of nitrogens with zero attached hydrogens (tertiary/aromatic N) is 1. The highest BCUT2D eigenvalue weighted by atomic mass is 31.1. The minimum absolute atomic E-state index is 0.221. The first-order chi connectivity index (χ1) is 26.9. The Morgan fingerprint density at radius 3 is 0.982 bits per heavy atom. The van der Waals surface area contributed by atoms with E-state index >= 15 is 0 Å². The predicted molar refractivity (Wildman–Crippen MR) is 255 cm³/mol. The normalized spacial score (nSPS) is 11.4. The first-order valence-electron chi connectivity index (χ1n) is 20.4. The number of hydrogen-bond acceptors (Lipinski definition) is 0. The van der Waals surface area contributed by atoms with Crippen LogP contribution in [0.1, 0.15) is 72.3 Å². The van der Waals surface area contributed by atoms with Gasteiger partial charge < -0.3 is 0 Å². The molecule has 0 atom stereocenters. The molecule has 0 amide bonds. The lowest BCUT2D eigenvalue weighted by Gasteiger charge is -2.14. The standard InChI is InChI=1S/C19H20.C18H20N.C18H20P/c1-11-6-13(3)18-15(5)19-14(4)7-12(2)9-17(19)10-16(18)8-11;2*1-11-6-13(3)17-15(8-11)10-16-9-12(2)7-14(4)18(16)19(17)5/h3*6-10H,1-5H3/q;2*+1. The number of aromatic nitrogens is 1. The van der Waals surface area contributed by atoms with E-state index in [-0.39, 0.29) is 7.53 Å². The summed E-state index contributed by atoms with van der Waals surface area (Å²) in [5, 5.41) is 14.2. The summed E-state index contributed by atoms with van der Waals surface area (Å²) in [7, 11) is 1.95. The van der Waals surface area contributed by atoms with Crippen LogP contribution in [0.25, 0.3) is 64.4 Å². The first-order valence-corrected chi connectivity index (χ1v) is 22.2. The summed E-state index contributed by atoms with van der Waals surface area (Å²) >= 11 is 0. The molecule has 0 aliphatic heterocycles. The Hall–Kier alpha value is -5.10. The summed E-state index contributed by atoms with van der Waals surface area (Å²) in [5.74, 6) is 0. The summed E-state index contributed by atoms with van der Waals surface area (Å²) in [6, 6.07) is 34.6. The lowest BCUT2D eigenvalue weighted by molar-refractivity contribution is -0.618. The Balaban J connectivity index is 0.000000131. The van der Waals surface area contributed by atoms with Crippen molar-refractivity contribution < 1.29 is 4.57 Å². The van der Waals surface area contributed by atoms with Crippen molar-refractivity contribution in [2.45, 2.75) is 90.0 Å². The third-order valence-electron chi connectivity index (χ3n) is 11.9.